The highest BCUT2D eigenvalue weighted by molar-refractivity contribution is 5.24. The van der Waals surface area contributed by atoms with Crippen molar-refractivity contribution >= 4 is 0 Å². The third-order valence-electron chi connectivity index (χ3n) is 1.95. The van der Waals surface area contributed by atoms with Gasteiger partial charge in [0.15, 0.2) is 11.6 Å². The van der Waals surface area contributed by atoms with Gasteiger partial charge in [-0.1, -0.05) is 18.2 Å². The van der Waals surface area contributed by atoms with E-state index in [2.05, 4.69) is 4.98 Å². The minimum absolute atomic E-state index is 0.265. The maximum absolute atomic E-state index is 13.2. The lowest BCUT2D eigenvalue weighted by atomic mass is 10.3. The van der Waals surface area contributed by atoms with Crippen molar-refractivity contribution in [1.82, 2.24) is 4.98 Å². The molecule has 0 aliphatic rings. The van der Waals surface area contributed by atoms with Crippen molar-refractivity contribution in [3.05, 3.63) is 60.2 Å². The summed E-state index contributed by atoms with van der Waals surface area (Å²) in [6.07, 6.45) is 3.38. The Kier molecular flexibility index (Phi) is 2.93. The van der Waals surface area contributed by atoms with Crippen LogP contribution < -0.4 is 4.74 Å². The molecule has 76 valence electrons. The fourth-order valence-electron chi connectivity index (χ4n) is 1.21. The van der Waals surface area contributed by atoms with Crippen LogP contribution in [-0.4, -0.2) is 4.98 Å². The second kappa shape index (κ2) is 4.55. The van der Waals surface area contributed by atoms with Crippen molar-refractivity contribution in [3.8, 4) is 5.75 Å². The fourth-order valence-corrected chi connectivity index (χ4v) is 1.21. The van der Waals surface area contributed by atoms with Crippen LogP contribution in [0.4, 0.5) is 4.39 Å². The van der Waals surface area contributed by atoms with Gasteiger partial charge in [0.1, 0.15) is 6.61 Å². The third kappa shape index (κ3) is 2.53. The Morgan fingerprint density at radius 1 is 1.13 bits per heavy atom. The Balaban J connectivity index is 2.03. The van der Waals surface area contributed by atoms with E-state index in [1.165, 1.54) is 6.07 Å². The van der Waals surface area contributed by atoms with Crippen molar-refractivity contribution in [2.75, 3.05) is 0 Å². The van der Waals surface area contributed by atoms with Gasteiger partial charge in [-0.15, -0.1) is 0 Å². The van der Waals surface area contributed by atoms with E-state index in [1.807, 2.05) is 12.1 Å². The van der Waals surface area contributed by atoms with Crippen LogP contribution in [0.3, 0.4) is 0 Å². The molecule has 0 radical (unpaired) electrons. The molecule has 0 amide bonds. The summed E-state index contributed by atoms with van der Waals surface area (Å²) in [5.41, 5.74) is 0.917. The van der Waals surface area contributed by atoms with E-state index in [0.29, 0.717) is 6.61 Å². The minimum Gasteiger partial charge on any atom is -0.486 e. The maximum atomic E-state index is 13.2. The maximum Gasteiger partial charge on any atom is 0.165 e. The molecule has 0 unspecified atom stereocenters. The first kappa shape index (κ1) is 9.65. The van der Waals surface area contributed by atoms with Gasteiger partial charge >= 0.3 is 0 Å². The number of rotatable bonds is 3. The number of hydrogen-bond acceptors (Lipinski definition) is 2. The quantitative estimate of drug-likeness (QED) is 0.765. The van der Waals surface area contributed by atoms with E-state index in [-0.39, 0.29) is 11.6 Å². The van der Waals surface area contributed by atoms with Crippen LogP contribution in [0.5, 0.6) is 5.75 Å². The highest BCUT2D eigenvalue weighted by Crippen LogP contribution is 2.16. The fraction of sp³-hybridized carbons (Fsp3) is 0.0833. The minimum atomic E-state index is -0.346. The molecule has 2 nitrogen and oxygen atoms in total. The Morgan fingerprint density at radius 3 is 2.73 bits per heavy atom. The molecule has 0 fully saturated rings. The zero-order valence-electron chi connectivity index (χ0n) is 8.06. The SMILES string of the molecule is Fc1ccccc1OCc1cccnc1. The predicted octanol–water partition coefficient (Wildman–Crippen LogP) is 2.80. The van der Waals surface area contributed by atoms with Crippen molar-refractivity contribution < 1.29 is 9.13 Å². The predicted molar refractivity (Wildman–Crippen MR) is 55.0 cm³/mol. The van der Waals surface area contributed by atoms with Gasteiger partial charge in [0.05, 0.1) is 0 Å². The van der Waals surface area contributed by atoms with Crippen LogP contribution >= 0.6 is 0 Å². The molecule has 2 aromatic rings. The summed E-state index contributed by atoms with van der Waals surface area (Å²) in [6.45, 7) is 0.328. The van der Waals surface area contributed by atoms with E-state index in [9.17, 15) is 4.39 Å². The highest BCUT2D eigenvalue weighted by Gasteiger charge is 2.01. The van der Waals surface area contributed by atoms with Gasteiger partial charge in [-0.05, 0) is 18.2 Å². The molecule has 0 saturated carbocycles. The number of ether oxygens (including phenoxy) is 1. The van der Waals surface area contributed by atoms with E-state index in [0.717, 1.165) is 5.56 Å². The summed E-state index contributed by atoms with van der Waals surface area (Å²) in [5, 5.41) is 0. The summed E-state index contributed by atoms with van der Waals surface area (Å²) in [4.78, 5) is 3.95. The number of pyridine rings is 1. The normalized spacial score (nSPS) is 9.93. The topological polar surface area (TPSA) is 22.1 Å². The Morgan fingerprint density at radius 2 is 2.00 bits per heavy atom. The summed E-state index contributed by atoms with van der Waals surface area (Å²) < 4.78 is 18.5. The van der Waals surface area contributed by atoms with Gasteiger partial charge in [-0.25, -0.2) is 4.39 Å². The number of hydrogen-bond donors (Lipinski definition) is 0. The Hall–Kier alpha value is -1.90. The van der Waals surface area contributed by atoms with Gasteiger partial charge in [0, 0.05) is 18.0 Å². The molecular weight excluding hydrogens is 193 g/mol. The van der Waals surface area contributed by atoms with Crippen LogP contribution in [0, 0.1) is 5.82 Å². The van der Waals surface area contributed by atoms with Crippen LogP contribution in [0.15, 0.2) is 48.8 Å². The summed E-state index contributed by atoms with van der Waals surface area (Å²) in [6, 6.07) is 10.0. The average Bonchev–Trinajstić information content (AvgIpc) is 2.29. The molecular formula is C12H10FNO. The monoisotopic (exact) mass is 203 g/mol. The molecule has 0 aliphatic heterocycles. The molecule has 2 rings (SSSR count). The summed E-state index contributed by atoms with van der Waals surface area (Å²) in [5.74, 6) is -0.0808. The van der Waals surface area contributed by atoms with Gasteiger partial charge in [-0.2, -0.15) is 0 Å². The number of benzene rings is 1. The van der Waals surface area contributed by atoms with Crippen molar-refractivity contribution in [2.45, 2.75) is 6.61 Å². The first-order valence-corrected chi connectivity index (χ1v) is 4.62. The van der Waals surface area contributed by atoms with Crippen molar-refractivity contribution in [1.29, 1.82) is 0 Å². The van der Waals surface area contributed by atoms with Gasteiger partial charge in [0.25, 0.3) is 0 Å². The number of para-hydroxylation sites is 1. The van der Waals surface area contributed by atoms with E-state index in [1.54, 1.807) is 30.6 Å². The Bertz CT molecular complexity index is 431. The molecule has 1 aromatic carbocycles. The first-order valence-electron chi connectivity index (χ1n) is 4.62. The molecule has 1 aromatic heterocycles. The van der Waals surface area contributed by atoms with Gasteiger partial charge < -0.3 is 4.74 Å². The molecule has 0 spiro atoms. The molecule has 0 bridgehead atoms. The number of nitrogens with zero attached hydrogens (tertiary/aromatic N) is 1. The van der Waals surface area contributed by atoms with Crippen LogP contribution in [-0.2, 0) is 6.61 Å². The standard InChI is InChI=1S/C12H10FNO/c13-11-5-1-2-6-12(11)15-9-10-4-3-7-14-8-10/h1-8H,9H2. The van der Waals surface area contributed by atoms with Gasteiger partial charge in [-0.3, -0.25) is 4.98 Å². The van der Waals surface area contributed by atoms with E-state index >= 15 is 0 Å². The zero-order chi connectivity index (χ0) is 10.5. The van der Waals surface area contributed by atoms with Crippen LogP contribution in [0.2, 0.25) is 0 Å². The van der Waals surface area contributed by atoms with Crippen molar-refractivity contribution in [2.24, 2.45) is 0 Å². The largest absolute Gasteiger partial charge is 0.486 e. The second-order valence-corrected chi connectivity index (χ2v) is 3.08. The third-order valence-corrected chi connectivity index (χ3v) is 1.95. The second-order valence-electron chi connectivity index (χ2n) is 3.08. The smallest absolute Gasteiger partial charge is 0.165 e. The average molecular weight is 203 g/mol. The molecule has 1 heterocycles. The first-order chi connectivity index (χ1) is 7.36. The molecule has 15 heavy (non-hydrogen) atoms. The number of aromatic nitrogens is 1. The van der Waals surface area contributed by atoms with Crippen LogP contribution in [0.1, 0.15) is 5.56 Å². The summed E-state index contributed by atoms with van der Waals surface area (Å²) >= 11 is 0. The van der Waals surface area contributed by atoms with Crippen molar-refractivity contribution in [3.63, 3.8) is 0 Å². The lowest BCUT2D eigenvalue weighted by Crippen LogP contribution is -1.97. The Labute approximate surface area is 87.4 Å². The highest BCUT2D eigenvalue weighted by atomic mass is 19.1. The molecule has 0 aliphatic carbocycles. The lowest BCUT2D eigenvalue weighted by molar-refractivity contribution is 0.290. The van der Waals surface area contributed by atoms with E-state index in [4.69, 9.17) is 4.74 Å². The number of halogens is 1. The molecule has 0 atom stereocenters. The van der Waals surface area contributed by atoms with Gasteiger partial charge in [0.2, 0.25) is 0 Å². The molecule has 3 heteroatoms. The summed E-state index contributed by atoms with van der Waals surface area (Å²) in [7, 11) is 0. The van der Waals surface area contributed by atoms with Crippen LogP contribution in [0.25, 0.3) is 0 Å². The molecule has 0 N–H and O–H groups in total. The molecule has 0 saturated heterocycles. The zero-order valence-corrected chi connectivity index (χ0v) is 8.06. The lowest BCUT2D eigenvalue weighted by Gasteiger charge is -2.06. The van der Waals surface area contributed by atoms with E-state index < -0.39 is 0 Å².